The molecule has 0 aliphatic heterocycles. The molecule has 2 N–H and O–H groups in total. The quantitative estimate of drug-likeness (QED) is 0.570. The Balaban J connectivity index is 1.97. The Morgan fingerprint density at radius 1 is 1.03 bits per heavy atom. The maximum absolute atomic E-state index is 12.5. The fourth-order valence-corrected chi connectivity index (χ4v) is 3.81. The number of sulfonamides is 1. The third kappa shape index (κ3) is 6.58. The van der Waals surface area contributed by atoms with Crippen LogP contribution in [0.3, 0.4) is 0 Å². The largest absolute Gasteiger partial charge is 0.374 e. The first-order chi connectivity index (χ1) is 13.7. The normalized spacial score (nSPS) is 12.6. The second kappa shape index (κ2) is 10.4. The minimum Gasteiger partial charge on any atom is -0.374 e. The maximum atomic E-state index is 12.5. The average Bonchev–Trinajstić information content (AvgIpc) is 2.69. The van der Waals surface area contributed by atoms with Gasteiger partial charge in [0.15, 0.2) is 0 Å². The van der Waals surface area contributed by atoms with Crippen molar-refractivity contribution >= 4 is 27.3 Å². The lowest BCUT2D eigenvalue weighted by atomic mass is 10.1. The fraction of sp³-hybridized carbons (Fsp3) is 0.409. The zero-order valence-corrected chi connectivity index (χ0v) is 18.4. The standard InChI is InChI=1S/C22H31N3O3S/c1-5-6-7-9-18-12-14-19(15-13-18)23-17(2)22(26)24-20-10-8-11-21(16-20)29(27,28)25(3)4/h8,10-17,23H,5-7,9H2,1-4H3,(H,24,26)/t17-/m0/s1. The van der Waals surface area contributed by atoms with Crippen LogP contribution in [0.15, 0.2) is 53.4 Å². The molecular weight excluding hydrogens is 386 g/mol. The number of carbonyl (C=O) groups is 1. The summed E-state index contributed by atoms with van der Waals surface area (Å²) in [6.45, 7) is 3.96. The van der Waals surface area contributed by atoms with E-state index in [1.54, 1.807) is 19.1 Å². The molecular formula is C22H31N3O3S. The number of aryl methyl sites for hydroxylation is 1. The number of amides is 1. The van der Waals surface area contributed by atoms with E-state index in [4.69, 9.17) is 0 Å². The number of nitrogens with zero attached hydrogens (tertiary/aromatic N) is 1. The number of carbonyl (C=O) groups excluding carboxylic acids is 1. The van der Waals surface area contributed by atoms with Crippen molar-refractivity contribution in [1.29, 1.82) is 0 Å². The van der Waals surface area contributed by atoms with Crippen molar-refractivity contribution in [3.05, 3.63) is 54.1 Å². The van der Waals surface area contributed by atoms with Crippen LogP contribution < -0.4 is 10.6 Å². The van der Waals surface area contributed by atoms with Gasteiger partial charge in [-0.1, -0.05) is 38.0 Å². The van der Waals surface area contributed by atoms with Crippen LogP contribution >= 0.6 is 0 Å². The molecule has 2 rings (SSSR count). The van der Waals surface area contributed by atoms with Crippen molar-refractivity contribution in [2.45, 2.75) is 50.5 Å². The van der Waals surface area contributed by atoms with E-state index >= 15 is 0 Å². The summed E-state index contributed by atoms with van der Waals surface area (Å²) in [5.74, 6) is -0.239. The Bertz CT molecular complexity index is 909. The van der Waals surface area contributed by atoms with Crippen molar-refractivity contribution in [3.8, 4) is 0 Å². The molecule has 0 unspecified atom stereocenters. The summed E-state index contributed by atoms with van der Waals surface area (Å²) in [7, 11) is -0.603. The minimum absolute atomic E-state index is 0.138. The molecule has 0 aliphatic carbocycles. The second-order valence-electron chi connectivity index (χ2n) is 7.32. The summed E-state index contributed by atoms with van der Waals surface area (Å²) in [5.41, 5.74) is 2.61. The van der Waals surface area contributed by atoms with Gasteiger partial charge in [0, 0.05) is 25.5 Å². The van der Waals surface area contributed by atoms with E-state index in [1.807, 2.05) is 12.1 Å². The number of benzene rings is 2. The van der Waals surface area contributed by atoms with Crippen LogP contribution in [0, 0.1) is 0 Å². The van der Waals surface area contributed by atoms with Crippen LogP contribution in [-0.2, 0) is 21.2 Å². The predicted molar refractivity (Wildman–Crippen MR) is 119 cm³/mol. The topological polar surface area (TPSA) is 78.5 Å². The Morgan fingerprint density at radius 2 is 1.72 bits per heavy atom. The lowest BCUT2D eigenvalue weighted by Gasteiger charge is -2.17. The van der Waals surface area contributed by atoms with Crippen molar-refractivity contribution in [1.82, 2.24) is 4.31 Å². The van der Waals surface area contributed by atoms with Gasteiger partial charge >= 0.3 is 0 Å². The summed E-state index contributed by atoms with van der Waals surface area (Å²) >= 11 is 0. The molecule has 0 heterocycles. The highest BCUT2D eigenvalue weighted by molar-refractivity contribution is 7.89. The molecule has 6 nitrogen and oxygen atoms in total. The number of hydrogen-bond acceptors (Lipinski definition) is 4. The van der Waals surface area contributed by atoms with Crippen LogP contribution in [0.25, 0.3) is 0 Å². The van der Waals surface area contributed by atoms with E-state index in [0.29, 0.717) is 5.69 Å². The molecule has 0 aromatic heterocycles. The molecule has 0 bridgehead atoms. The van der Waals surface area contributed by atoms with Gasteiger partial charge in [-0.25, -0.2) is 12.7 Å². The van der Waals surface area contributed by atoms with Crippen LogP contribution in [0.4, 0.5) is 11.4 Å². The van der Waals surface area contributed by atoms with Crippen LogP contribution in [0.1, 0.15) is 38.7 Å². The van der Waals surface area contributed by atoms with Crippen molar-refractivity contribution in [3.63, 3.8) is 0 Å². The van der Waals surface area contributed by atoms with E-state index < -0.39 is 16.1 Å². The zero-order valence-electron chi connectivity index (χ0n) is 17.6. The maximum Gasteiger partial charge on any atom is 0.246 e. The van der Waals surface area contributed by atoms with Gasteiger partial charge in [-0.2, -0.15) is 0 Å². The molecule has 1 amide bonds. The SMILES string of the molecule is CCCCCc1ccc(N[C@@H](C)C(=O)Nc2cccc(S(=O)(=O)N(C)C)c2)cc1. The van der Waals surface area contributed by atoms with Crippen LogP contribution in [-0.4, -0.2) is 38.8 Å². The predicted octanol–water partition coefficient (Wildman–Crippen LogP) is 4.11. The molecule has 0 radical (unpaired) electrons. The second-order valence-corrected chi connectivity index (χ2v) is 9.48. The molecule has 0 spiro atoms. The van der Waals surface area contributed by atoms with E-state index in [2.05, 4.69) is 29.7 Å². The lowest BCUT2D eigenvalue weighted by molar-refractivity contribution is -0.116. The number of anilines is 2. The average molecular weight is 418 g/mol. The Hall–Kier alpha value is -2.38. The zero-order chi connectivity index (χ0) is 21.4. The highest BCUT2D eigenvalue weighted by Crippen LogP contribution is 2.19. The van der Waals surface area contributed by atoms with E-state index in [1.165, 1.54) is 51.1 Å². The summed E-state index contributed by atoms with van der Waals surface area (Å²) in [6, 6.07) is 13.9. The third-order valence-electron chi connectivity index (χ3n) is 4.68. The summed E-state index contributed by atoms with van der Waals surface area (Å²) in [5, 5.41) is 5.96. The molecule has 1 atom stereocenters. The Morgan fingerprint density at radius 3 is 2.34 bits per heavy atom. The molecule has 158 valence electrons. The van der Waals surface area contributed by atoms with Gasteiger partial charge in [0.1, 0.15) is 6.04 Å². The minimum atomic E-state index is -3.55. The molecule has 0 saturated carbocycles. The highest BCUT2D eigenvalue weighted by atomic mass is 32.2. The number of unbranched alkanes of at least 4 members (excludes halogenated alkanes) is 2. The van der Waals surface area contributed by atoms with Crippen LogP contribution in [0.5, 0.6) is 0 Å². The summed E-state index contributed by atoms with van der Waals surface area (Å²) < 4.78 is 25.7. The van der Waals surface area contributed by atoms with Gasteiger partial charge in [0.2, 0.25) is 15.9 Å². The number of hydrogen-bond donors (Lipinski definition) is 2. The molecule has 2 aromatic rings. The van der Waals surface area contributed by atoms with Gasteiger partial charge in [-0.05, 0) is 55.7 Å². The molecule has 0 aliphatic rings. The molecule has 0 fully saturated rings. The van der Waals surface area contributed by atoms with Crippen molar-refractivity contribution in [2.75, 3.05) is 24.7 Å². The lowest BCUT2D eigenvalue weighted by Crippen LogP contribution is -2.32. The van der Waals surface area contributed by atoms with Gasteiger partial charge < -0.3 is 10.6 Å². The Labute approximate surface area is 174 Å². The first kappa shape index (κ1) is 22.9. The third-order valence-corrected chi connectivity index (χ3v) is 6.49. The van der Waals surface area contributed by atoms with Gasteiger partial charge in [-0.3, -0.25) is 4.79 Å². The van der Waals surface area contributed by atoms with Crippen molar-refractivity contribution < 1.29 is 13.2 Å². The van der Waals surface area contributed by atoms with Crippen LogP contribution in [0.2, 0.25) is 0 Å². The highest BCUT2D eigenvalue weighted by Gasteiger charge is 2.18. The van der Waals surface area contributed by atoms with Gasteiger partial charge in [0.05, 0.1) is 4.90 Å². The molecule has 2 aromatic carbocycles. The smallest absolute Gasteiger partial charge is 0.246 e. The summed E-state index contributed by atoms with van der Waals surface area (Å²) in [4.78, 5) is 12.7. The molecule has 29 heavy (non-hydrogen) atoms. The first-order valence-corrected chi connectivity index (χ1v) is 11.4. The van der Waals surface area contributed by atoms with E-state index in [0.717, 1.165) is 16.4 Å². The monoisotopic (exact) mass is 417 g/mol. The Kier molecular flexibility index (Phi) is 8.22. The van der Waals surface area contributed by atoms with Crippen molar-refractivity contribution in [2.24, 2.45) is 0 Å². The molecule has 0 saturated heterocycles. The number of rotatable bonds is 10. The van der Waals surface area contributed by atoms with Gasteiger partial charge in [0.25, 0.3) is 0 Å². The van der Waals surface area contributed by atoms with Gasteiger partial charge in [-0.15, -0.1) is 0 Å². The fourth-order valence-electron chi connectivity index (χ4n) is 2.86. The first-order valence-electron chi connectivity index (χ1n) is 9.93. The molecule has 7 heteroatoms. The number of nitrogens with one attached hydrogen (secondary N) is 2. The van der Waals surface area contributed by atoms with E-state index in [9.17, 15) is 13.2 Å². The summed E-state index contributed by atoms with van der Waals surface area (Å²) in [6.07, 6.45) is 4.69. The van der Waals surface area contributed by atoms with E-state index in [-0.39, 0.29) is 10.8 Å².